The Balaban J connectivity index is 1.53. The van der Waals surface area contributed by atoms with Crippen molar-refractivity contribution in [1.82, 2.24) is 9.55 Å². The van der Waals surface area contributed by atoms with Gasteiger partial charge in [-0.1, -0.05) is 84.9 Å². The van der Waals surface area contributed by atoms with E-state index in [0.717, 1.165) is 16.9 Å². The molecule has 0 aliphatic carbocycles. The van der Waals surface area contributed by atoms with Crippen LogP contribution in [0.25, 0.3) is 38.4 Å². The summed E-state index contributed by atoms with van der Waals surface area (Å²) in [6.45, 7) is 0. The summed E-state index contributed by atoms with van der Waals surface area (Å²) in [6, 6.07) is 36.2. The van der Waals surface area contributed by atoms with Gasteiger partial charge in [-0.15, -0.1) is 0 Å². The second-order valence-electron chi connectivity index (χ2n) is 8.13. The Labute approximate surface area is 196 Å². The lowest BCUT2D eigenvalue weighted by molar-refractivity contribution is 1.07. The third-order valence-electron chi connectivity index (χ3n) is 6.07. The number of hydrogen-bond acceptors (Lipinski definition) is 2. The lowest BCUT2D eigenvalue weighted by atomic mass is 10.0. The van der Waals surface area contributed by atoms with Crippen LogP contribution in [0.3, 0.4) is 0 Å². The molecule has 0 saturated carbocycles. The summed E-state index contributed by atoms with van der Waals surface area (Å²) < 4.78 is 2.16. The number of benzene rings is 4. The highest BCUT2D eigenvalue weighted by atomic mass is 15.1. The molecule has 0 fully saturated rings. The van der Waals surface area contributed by atoms with E-state index in [2.05, 4.69) is 64.2 Å². The maximum absolute atomic E-state index is 8.29. The number of para-hydroxylation sites is 1. The number of hydrogen-bond donors (Lipinski definition) is 2. The largest absolute Gasteiger partial charge is 0.382 e. The second-order valence-corrected chi connectivity index (χ2v) is 8.13. The Morgan fingerprint density at radius 3 is 2.29 bits per heavy atom. The zero-order valence-corrected chi connectivity index (χ0v) is 18.3. The smallest absolute Gasteiger partial charge is 0.154 e. The van der Waals surface area contributed by atoms with E-state index >= 15 is 0 Å². The molecule has 5 nitrogen and oxygen atoms in total. The SMILES string of the molecule is N=C(N=C(N)c1cccc(-n2c3ccccc3c3c4ccccc4ccc32)n1)c1ccccc1. The number of amidine groups is 2. The van der Waals surface area contributed by atoms with Crippen LogP contribution >= 0.6 is 0 Å². The standard InChI is InChI=1S/C29H21N5/c30-28(20-10-2-1-3-11-20)33-29(31)23-14-8-16-26(32-23)34-24-15-7-6-13-22(24)27-21-12-5-4-9-19(21)17-18-25(27)34/h1-18H,(H3,30,31,33). The molecule has 0 bridgehead atoms. The van der Waals surface area contributed by atoms with Crippen molar-refractivity contribution < 1.29 is 0 Å². The number of fused-ring (bicyclic) bond motifs is 5. The normalized spacial score (nSPS) is 11.9. The molecule has 3 N–H and O–H groups in total. The van der Waals surface area contributed by atoms with Crippen molar-refractivity contribution in [2.24, 2.45) is 10.7 Å². The van der Waals surface area contributed by atoms with Gasteiger partial charge in [0.05, 0.1) is 11.0 Å². The molecular weight excluding hydrogens is 418 g/mol. The molecule has 0 amide bonds. The van der Waals surface area contributed by atoms with Crippen LogP contribution < -0.4 is 5.73 Å². The van der Waals surface area contributed by atoms with Crippen LogP contribution in [0.4, 0.5) is 0 Å². The van der Waals surface area contributed by atoms with E-state index in [0.29, 0.717) is 11.3 Å². The van der Waals surface area contributed by atoms with Gasteiger partial charge in [0.15, 0.2) is 11.7 Å². The molecule has 162 valence electrons. The maximum Gasteiger partial charge on any atom is 0.154 e. The summed E-state index contributed by atoms with van der Waals surface area (Å²) in [5, 5.41) is 13.1. The fourth-order valence-electron chi connectivity index (χ4n) is 4.51. The molecule has 4 aromatic carbocycles. The first-order valence-corrected chi connectivity index (χ1v) is 11.1. The van der Waals surface area contributed by atoms with E-state index in [1.54, 1.807) is 0 Å². The Morgan fingerprint density at radius 1 is 0.706 bits per heavy atom. The van der Waals surface area contributed by atoms with E-state index in [9.17, 15) is 0 Å². The van der Waals surface area contributed by atoms with Crippen LogP contribution in [-0.2, 0) is 0 Å². The molecule has 5 heteroatoms. The fraction of sp³-hybridized carbons (Fsp3) is 0. The van der Waals surface area contributed by atoms with E-state index in [-0.39, 0.29) is 11.7 Å². The van der Waals surface area contributed by atoms with Gasteiger partial charge in [-0.05, 0) is 35.0 Å². The summed E-state index contributed by atoms with van der Waals surface area (Å²) >= 11 is 0. The van der Waals surface area contributed by atoms with Crippen molar-refractivity contribution >= 4 is 44.2 Å². The monoisotopic (exact) mass is 439 g/mol. The van der Waals surface area contributed by atoms with Gasteiger partial charge in [-0.2, -0.15) is 0 Å². The lowest BCUT2D eigenvalue weighted by Crippen LogP contribution is -2.18. The quantitative estimate of drug-likeness (QED) is 0.259. The molecular formula is C29H21N5. The lowest BCUT2D eigenvalue weighted by Gasteiger charge is -2.09. The second kappa shape index (κ2) is 7.98. The number of nitrogens with zero attached hydrogens (tertiary/aromatic N) is 3. The Morgan fingerprint density at radius 2 is 1.44 bits per heavy atom. The zero-order chi connectivity index (χ0) is 23.1. The maximum atomic E-state index is 8.29. The summed E-state index contributed by atoms with van der Waals surface area (Å²) in [6.07, 6.45) is 0. The number of pyridine rings is 1. The molecule has 0 spiro atoms. The molecule has 6 aromatic rings. The van der Waals surface area contributed by atoms with Crippen LogP contribution in [-0.4, -0.2) is 21.2 Å². The summed E-state index contributed by atoms with van der Waals surface area (Å²) in [4.78, 5) is 9.16. The van der Waals surface area contributed by atoms with Gasteiger partial charge >= 0.3 is 0 Å². The molecule has 0 aliphatic heterocycles. The third-order valence-corrected chi connectivity index (χ3v) is 6.07. The Kier molecular flexibility index (Phi) is 4.66. The first kappa shape index (κ1) is 19.9. The number of rotatable bonds is 3. The first-order valence-electron chi connectivity index (χ1n) is 11.1. The van der Waals surface area contributed by atoms with Crippen molar-refractivity contribution in [3.8, 4) is 5.82 Å². The molecule has 2 aromatic heterocycles. The number of nitrogens with one attached hydrogen (secondary N) is 1. The zero-order valence-electron chi connectivity index (χ0n) is 18.3. The van der Waals surface area contributed by atoms with Gasteiger partial charge in [0.25, 0.3) is 0 Å². The molecule has 0 saturated heterocycles. The van der Waals surface area contributed by atoms with E-state index < -0.39 is 0 Å². The average Bonchev–Trinajstić information content (AvgIpc) is 3.24. The van der Waals surface area contributed by atoms with Gasteiger partial charge in [0, 0.05) is 16.3 Å². The minimum Gasteiger partial charge on any atom is -0.382 e. The topological polar surface area (TPSA) is 80.0 Å². The summed E-state index contributed by atoms with van der Waals surface area (Å²) in [5.74, 6) is 1.07. The highest BCUT2D eigenvalue weighted by molar-refractivity contribution is 6.21. The van der Waals surface area contributed by atoms with Crippen LogP contribution in [0.15, 0.2) is 114 Å². The van der Waals surface area contributed by atoms with Crippen LogP contribution in [0.5, 0.6) is 0 Å². The van der Waals surface area contributed by atoms with E-state index in [4.69, 9.17) is 16.1 Å². The molecule has 0 unspecified atom stereocenters. The number of aromatic nitrogens is 2. The van der Waals surface area contributed by atoms with E-state index in [1.807, 2.05) is 54.6 Å². The number of nitrogens with two attached hydrogens (primary N) is 1. The van der Waals surface area contributed by atoms with Crippen molar-refractivity contribution in [2.75, 3.05) is 0 Å². The highest BCUT2D eigenvalue weighted by Crippen LogP contribution is 2.36. The van der Waals surface area contributed by atoms with E-state index in [1.165, 1.54) is 21.5 Å². The highest BCUT2D eigenvalue weighted by Gasteiger charge is 2.15. The van der Waals surface area contributed by atoms with Gasteiger partial charge < -0.3 is 5.73 Å². The van der Waals surface area contributed by atoms with Gasteiger partial charge in [-0.3, -0.25) is 9.98 Å². The Hall–Kier alpha value is -4.77. The molecule has 6 rings (SSSR count). The molecule has 2 heterocycles. The third kappa shape index (κ3) is 3.22. The molecule has 34 heavy (non-hydrogen) atoms. The van der Waals surface area contributed by atoms with Gasteiger partial charge in [0.2, 0.25) is 0 Å². The summed E-state index contributed by atoms with van der Waals surface area (Å²) in [5.41, 5.74) is 9.69. The average molecular weight is 440 g/mol. The first-order chi connectivity index (χ1) is 16.7. The molecule has 0 aliphatic rings. The van der Waals surface area contributed by atoms with Gasteiger partial charge in [0.1, 0.15) is 11.5 Å². The minimum absolute atomic E-state index is 0.105. The molecule has 0 atom stereocenters. The van der Waals surface area contributed by atoms with Crippen LogP contribution in [0.1, 0.15) is 11.3 Å². The van der Waals surface area contributed by atoms with Crippen molar-refractivity contribution in [3.63, 3.8) is 0 Å². The van der Waals surface area contributed by atoms with Crippen molar-refractivity contribution in [2.45, 2.75) is 0 Å². The minimum atomic E-state index is 0.105. The Bertz CT molecular complexity index is 1730. The fourth-order valence-corrected chi connectivity index (χ4v) is 4.51. The summed E-state index contributed by atoms with van der Waals surface area (Å²) in [7, 11) is 0. The molecule has 0 radical (unpaired) electrons. The van der Waals surface area contributed by atoms with Crippen LogP contribution in [0, 0.1) is 5.41 Å². The van der Waals surface area contributed by atoms with Gasteiger partial charge in [-0.25, -0.2) is 9.98 Å². The predicted molar refractivity (Wildman–Crippen MR) is 140 cm³/mol. The predicted octanol–water partition coefficient (Wildman–Crippen LogP) is 6.06. The van der Waals surface area contributed by atoms with Crippen molar-refractivity contribution in [1.29, 1.82) is 5.41 Å². The number of aliphatic imine (C=N–C) groups is 1. The van der Waals surface area contributed by atoms with Crippen LogP contribution in [0.2, 0.25) is 0 Å². The van der Waals surface area contributed by atoms with Crippen molar-refractivity contribution in [3.05, 3.63) is 120 Å².